The molecule has 1 aromatic heterocycles. The van der Waals surface area contributed by atoms with Crippen LogP contribution in [-0.2, 0) is 0 Å². The molecule has 0 unspecified atom stereocenters. The van der Waals surface area contributed by atoms with Gasteiger partial charge < -0.3 is 10.6 Å². The zero-order chi connectivity index (χ0) is 14.1. The summed E-state index contributed by atoms with van der Waals surface area (Å²) in [6, 6.07) is 0. The minimum absolute atomic E-state index is 0.272. The van der Waals surface area contributed by atoms with Crippen LogP contribution < -0.4 is 15.7 Å². The maximum Gasteiger partial charge on any atom is 0.256 e. The van der Waals surface area contributed by atoms with E-state index in [4.69, 9.17) is 0 Å². The van der Waals surface area contributed by atoms with Gasteiger partial charge in [-0.25, -0.2) is 5.06 Å². The molecule has 0 amide bonds. The van der Waals surface area contributed by atoms with E-state index >= 15 is 0 Å². The minimum Gasteiger partial charge on any atom is -0.354 e. The first-order valence-corrected chi connectivity index (χ1v) is 6.91. The molecule has 0 bridgehead atoms. The Bertz CT molecular complexity index is 347. The van der Waals surface area contributed by atoms with E-state index < -0.39 is 0 Å². The molecule has 3 N–H and O–H groups in total. The molecule has 7 heteroatoms. The average molecular weight is 268 g/mol. The van der Waals surface area contributed by atoms with Crippen molar-refractivity contribution in [3.63, 3.8) is 0 Å². The van der Waals surface area contributed by atoms with Crippen LogP contribution >= 0.6 is 0 Å². The summed E-state index contributed by atoms with van der Waals surface area (Å²) in [4.78, 5) is 12.7. The van der Waals surface area contributed by atoms with E-state index in [1.54, 1.807) is 0 Å². The summed E-state index contributed by atoms with van der Waals surface area (Å²) in [6.07, 6.45) is 2.78. The first kappa shape index (κ1) is 15.4. The number of hydrogen-bond donors (Lipinski definition) is 3. The highest BCUT2D eigenvalue weighted by Gasteiger charge is 2.10. The van der Waals surface area contributed by atoms with Gasteiger partial charge in [-0.15, -0.1) is 0 Å². The summed E-state index contributed by atoms with van der Waals surface area (Å²) in [6.45, 7) is 8.19. The SMILES string of the molecule is CCCNc1nc(NCCC)nc(N(O)CCC)n1. The third-order valence-electron chi connectivity index (χ3n) is 2.36. The lowest BCUT2D eigenvalue weighted by Crippen LogP contribution is -2.23. The van der Waals surface area contributed by atoms with Gasteiger partial charge in [-0.05, 0) is 19.3 Å². The number of nitrogens with one attached hydrogen (secondary N) is 2. The lowest BCUT2D eigenvalue weighted by atomic mass is 10.5. The Morgan fingerprint density at radius 3 is 1.84 bits per heavy atom. The molecule has 0 fully saturated rings. The molecule has 1 heterocycles. The zero-order valence-corrected chi connectivity index (χ0v) is 12.0. The molecule has 0 aliphatic rings. The Balaban J connectivity index is 2.87. The van der Waals surface area contributed by atoms with Gasteiger partial charge in [0.2, 0.25) is 11.9 Å². The van der Waals surface area contributed by atoms with Gasteiger partial charge in [-0.2, -0.15) is 15.0 Å². The number of hydrogen-bond acceptors (Lipinski definition) is 7. The highest BCUT2D eigenvalue weighted by molar-refractivity contribution is 5.42. The average Bonchev–Trinajstić information content (AvgIpc) is 2.43. The van der Waals surface area contributed by atoms with Gasteiger partial charge in [0.1, 0.15) is 0 Å². The van der Waals surface area contributed by atoms with Gasteiger partial charge in [0, 0.05) is 19.6 Å². The first-order chi connectivity index (χ1) is 9.21. The van der Waals surface area contributed by atoms with E-state index in [-0.39, 0.29) is 5.95 Å². The fraction of sp³-hybridized carbons (Fsp3) is 0.750. The van der Waals surface area contributed by atoms with Crippen LogP contribution in [0.2, 0.25) is 0 Å². The van der Waals surface area contributed by atoms with Gasteiger partial charge in [0.05, 0.1) is 0 Å². The van der Waals surface area contributed by atoms with Gasteiger partial charge in [-0.3, -0.25) is 5.21 Å². The third-order valence-corrected chi connectivity index (χ3v) is 2.36. The van der Waals surface area contributed by atoms with Crippen molar-refractivity contribution in [2.45, 2.75) is 40.0 Å². The molecule has 1 aromatic rings. The predicted molar refractivity (Wildman–Crippen MR) is 76.8 cm³/mol. The van der Waals surface area contributed by atoms with Crippen molar-refractivity contribution < 1.29 is 5.21 Å². The fourth-order valence-electron chi connectivity index (χ4n) is 1.42. The Labute approximate surface area is 114 Å². The van der Waals surface area contributed by atoms with Crippen molar-refractivity contribution in [1.29, 1.82) is 0 Å². The molecule has 7 nitrogen and oxygen atoms in total. The van der Waals surface area contributed by atoms with Gasteiger partial charge in [0.25, 0.3) is 5.95 Å². The Kier molecular flexibility index (Phi) is 6.88. The summed E-state index contributed by atoms with van der Waals surface area (Å²) in [5.74, 6) is 1.25. The number of rotatable bonds is 9. The van der Waals surface area contributed by atoms with E-state index in [0.29, 0.717) is 18.4 Å². The molecule has 0 aliphatic heterocycles. The molecule has 0 aliphatic carbocycles. The molecule has 0 radical (unpaired) electrons. The number of aromatic nitrogens is 3. The Hall–Kier alpha value is -1.63. The van der Waals surface area contributed by atoms with Crippen LogP contribution in [0.25, 0.3) is 0 Å². The van der Waals surface area contributed by atoms with Crippen molar-refractivity contribution in [2.75, 3.05) is 35.3 Å². The molecule has 1 rings (SSSR count). The quantitative estimate of drug-likeness (QED) is 0.591. The standard InChI is InChI=1S/C12H24N6O/c1-4-7-13-10-15-11(14-8-5-2)17-12(16-10)18(19)9-6-3/h19H,4-9H2,1-3H3,(H2,13,14,15,16,17). The summed E-state index contributed by atoms with van der Waals surface area (Å²) in [5, 5.41) is 17.1. The summed E-state index contributed by atoms with van der Waals surface area (Å²) < 4.78 is 0. The summed E-state index contributed by atoms with van der Waals surface area (Å²) in [5.41, 5.74) is 0. The fourth-order valence-corrected chi connectivity index (χ4v) is 1.42. The second-order valence-corrected chi connectivity index (χ2v) is 4.26. The number of hydroxylamine groups is 1. The Morgan fingerprint density at radius 2 is 1.42 bits per heavy atom. The minimum atomic E-state index is 0.272. The Morgan fingerprint density at radius 1 is 0.895 bits per heavy atom. The molecular weight excluding hydrogens is 244 g/mol. The third kappa shape index (κ3) is 5.25. The van der Waals surface area contributed by atoms with Gasteiger partial charge in [-0.1, -0.05) is 20.8 Å². The van der Waals surface area contributed by atoms with E-state index in [9.17, 15) is 5.21 Å². The van der Waals surface area contributed by atoms with E-state index in [2.05, 4.69) is 39.4 Å². The van der Waals surface area contributed by atoms with Crippen LogP contribution in [0.5, 0.6) is 0 Å². The van der Waals surface area contributed by atoms with Crippen LogP contribution in [0, 0.1) is 0 Å². The molecule has 0 atom stereocenters. The van der Waals surface area contributed by atoms with Crippen LogP contribution in [0.4, 0.5) is 17.8 Å². The monoisotopic (exact) mass is 268 g/mol. The molecule has 19 heavy (non-hydrogen) atoms. The highest BCUT2D eigenvalue weighted by Crippen LogP contribution is 2.12. The molecule has 0 saturated heterocycles. The highest BCUT2D eigenvalue weighted by atomic mass is 16.5. The first-order valence-electron chi connectivity index (χ1n) is 6.91. The largest absolute Gasteiger partial charge is 0.354 e. The van der Waals surface area contributed by atoms with Gasteiger partial charge in [0.15, 0.2) is 0 Å². The topological polar surface area (TPSA) is 86.2 Å². The maximum atomic E-state index is 9.85. The summed E-state index contributed by atoms with van der Waals surface area (Å²) in [7, 11) is 0. The van der Waals surface area contributed by atoms with Gasteiger partial charge >= 0.3 is 0 Å². The second-order valence-electron chi connectivity index (χ2n) is 4.26. The van der Waals surface area contributed by atoms with Crippen LogP contribution in [-0.4, -0.2) is 39.8 Å². The van der Waals surface area contributed by atoms with Crippen LogP contribution in [0.1, 0.15) is 40.0 Å². The lowest BCUT2D eigenvalue weighted by molar-refractivity contribution is 0.247. The van der Waals surface area contributed by atoms with Crippen molar-refractivity contribution in [1.82, 2.24) is 15.0 Å². The smallest absolute Gasteiger partial charge is 0.256 e. The lowest BCUT2D eigenvalue weighted by Gasteiger charge is -2.15. The molecule has 108 valence electrons. The van der Waals surface area contributed by atoms with E-state index in [1.165, 1.54) is 0 Å². The maximum absolute atomic E-state index is 9.85. The summed E-state index contributed by atoms with van der Waals surface area (Å²) >= 11 is 0. The van der Waals surface area contributed by atoms with E-state index in [0.717, 1.165) is 37.4 Å². The van der Waals surface area contributed by atoms with Crippen LogP contribution in [0.3, 0.4) is 0 Å². The van der Waals surface area contributed by atoms with Crippen molar-refractivity contribution in [3.8, 4) is 0 Å². The van der Waals surface area contributed by atoms with Crippen LogP contribution in [0.15, 0.2) is 0 Å². The number of anilines is 3. The molecular formula is C12H24N6O. The van der Waals surface area contributed by atoms with E-state index in [1.807, 2.05) is 6.92 Å². The van der Waals surface area contributed by atoms with Crippen molar-refractivity contribution >= 4 is 17.8 Å². The molecule has 0 aromatic carbocycles. The zero-order valence-electron chi connectivity index (χ0n) is 12.0. The normalized spacial score (nSPS) is 10.3. The molecule has 0 saturated carbocycles. The van der Waals surface area contributed by atoms with Crippen molar-refractivity contribution in [3.05, 3.63) is 0 Å². The predicted octanol–water partition coefficient (Wildman–Crippen LogP) is 2.12. The second kappa shape index (κ2) is 8.47. The molecule has 0 spiro atoms. The van der Waals surface area contributed by atoms with Crippen molar-refractivity contribution in [2.24, 2.45) is 0 Å². The number of nitrogens with zero attached hydrogens (tertiary/aromatic N) is 4.